The van der Waals surface area contributed by atoms with Crippen LogP contribution in [-0.2, 0) is 20.0 Å². The maximum absolute atomic E-state index is 13.2. The number of aromatic nitrogens is 4. The fraction of sp³-hybridized carbons (Fsp3) is 0.238. The lowest BCUT2D eigenvalue weighted by Gasteiger charge is -2.27. The van der Waals surface area contributed by atoms with Gasteiger partial charge in [-0.25, -0.2) is 4.39 Å². The van der Waals surface area contributed by atoms with Crippen LogP contribution in [0.1, 0.15) is 25.8 Å². The van der Waals surface area contributed by atoms with Gasteiger partial charge in [-0.1, -0.05) is 5.16 Å². The van der Waals surface area contributed by atoms with E-state index in [1.807, 2.05) is 35.7 Å². The Morgan fingerprint density at radius 2 is 2.00 bits per heavy atom. The van der Waals surface area contributed by atoms with Crippen molar-refractivity contribution >= 4 is 17.2 Å². The molecule has 0 saturated heterocycles. The summed E-state index contributed by atoms with van der Waals surface area (Å²) in [6, 6.07) is 9.73. The Hall–Kier alpha value is -3.33. The second kappa shape index (κ2) is 7.17. The maximum atomic E-state index is 13.2. The first-order valence-electron chi connectivity index (χ1n) is 9.50. The van der Waals surface area contributed by atoms with Gasteiger partial charge < -0.3 is 9.42 Å². The third-order valence-corrected chi connectivity index (χ3v) is 6.20. The van der Waals surface area contributed by atoms with Gasteiger partial charge in [0.05, 0.1) is 11.4 Å². The predicted molar refractivity (Wildman–Crippen MR) is 109 cm³/mol. The molecule has 0 N–H and O–H groups in total. The zero-order chi connectivity index (χ0) is 20.8. The van der Waals surface area contributed by atoms with Crippen LogP contribution >= 0.6 is 11.3 Å². The Morgan fingerprint density at radius 1 is 1.20 bits per heavy atom. The van der Waals surface area contributed by atoms with Gasteiger partial charge in [0, 0.05) is 41.7 Å². The minimum Gasteiger partial charge on any atom is -0.333 e. The zero-order valence-corrected chi connectivity index (χ0v) is 17.2. The predicted octanol–water partition coefficient (Wildman–Crippen LogP) is 3.84. The highest BCUT2D eigenvalue weighted by molar-refractivity contribution is 7.13. The van der Waals surface area contributed by atoms with Crippen molar-refractivity contribution in [3.8, 4) is 23.0 Å². The third kappa shape index (κ3) is 3.21. The molecule has 0 bridgehead atoms. The highest BCUT2D eigenvalue weighted by Crippen LogP contribution is 2.31. The molecule has 0 unspecified atom stereocenters. The van der Waals surface area contributed by atoms with E-state index in [9.17, 15) is 9.18 Å². The average molecular weight is 423 g/mol. The van der Waals surface area contributed by atoms with Gasteiger partial charge in [0.1, 0.15) is 5.82 Å². The number of hydrogen-bond donors (Lipinski definition) is 0. The van der Waals surface area contributed by atoms with Gasteiger partial charge in [-0.3, -0.25) is 9.48 Å². The fourth-order valence-electron chi connectivity index (χ4n) is 3.68. The van der Waals surface area contributed by atoms with Crippen molar-refractivity contribution in [2.24, 2.45) is 7.05 Å². The van der Waals surface area contributed by atoms with E-state index in [-0.39, 0.29) is 17.6 Å². The Balaban J connectivity index is 1.46. The minimum absolute atomic E-state index is 0.0195. The summed E-state index contributed by atoms with van der Waals surface area (Å²) in [7, 11) is 1.87. The molecule has 0 fully saturated rings. The van der Waals surface area contributed by atoms with Crippen molar-refractivity contribution < 1.29 is 13.7 Å². The number of thiophene rings is 1. The lowest BCUT2D eigenvalue weighted by Crippen LogP contribution is -2.36. The van der Waals surface area contributed by atoms with Crippen LogP contribution in [0.3, 0.4) is 0 Å². The molecular formula is C21H18FN5O2S. The summed E-state index contributed by atoms with van der Waals surface area (Å²) in [5.41, 5.74) is 3.20. The first-order valence-corrected chi connectivity index (χ1v) is 10.3. The number of aryl methyl sites for hydroxylation is 2. The van der Waals surface area contributed by atoms with Crippen LogP contribution in [-0.4, -0.2) is 37.3 Å². The number of carbonyl (C=O) groups excluding carboxylic acids is 1. The Labute approximate surface area is 175 Å². The number of carbonyl (C=O) groups is 1. The summed E-state index contributed by atoms with van der Waals surface area (Å²) in [6.45, 7) is 3.05. The zero-order valence-electron chi connectivity index (χ0n) is 16.4. The van der Waals surface area contributed by atoms with Crippen LogP contribution in [0, 0.1) is 12.7 Å². The topological polar surface area (TPSA) is 77.1 Å². The van der Waals surface area contributed by atoms with Crippen LogP contribution in [0.5, 0.6) is 0 Å². The van der Waals surface area contributed by atoms with Gasteiger partial charge in [0.25, 0.3) is 11.8 Å². The molecule has 0 saturated carbocycles. The molecular weight excluding hydrogens is 405 g/mol. The van der Waals surface area contributed by atoms with Gasteiger partial charge in [-0.05, 0) is 43.3 Å². The number of benzene rings is 1. The molecule has 1 aliphatic rings. The number of fused-ring (bicyclic) bond motifs is 1. The summed E-state index contributed by atoms with van der Waals surface area (Å²) in [6.07, 6.45) is 0.702. The molecule has 1 amide bonds. The molecule has 3 aromatic heterocycles. The third-order valence-electron chi connectivity index (χ3n) is 5.21. The average Bonchev–Trinajstić information content (AvgIpc) is 3.47. The van der Waals surface area contributed by atoms with E-state index >= 15 is 0 Å². The summed E-state index contributed by atoms with van der Waals surface area (Å²) in [5, 5.41) is 8.60. The quantitative estimate of drug-likeness (QED) is 0.500. The standard InChI is InChI=1S/C21H18FN5O2S/c1-12-3-8-17(30-12)21(28)27-10-9-16-15(11-27)18(24-26(16)2)20-23-19(25-29-20)13-4-6-14(22)7-5-13/h3-8H,9-11H2,1-2H3. The molecule has 1 aliphatic heterocycles. The van der Waals surface area contributed by atoms with E-state index in [0.717, 1.165) is 21.0 Å². The minimum atomic E-state index is -0.327. The molecule has 9 heteroatoms. The van der Waals surface area contributed by atoms with Gasteiger partial charge >= 0.3 is 0 Å². The van der Waals surface area contributed by atoms with Gasteiger partial charge in [0.2, 0.25) is 5.82 Å². The lowest BCUT2D eigenvalue weighted by molar-refractivity contribution is 0.0738. The smallest absolute Gasteiger partial charge is 0.279 e. The normalized spacial score (nSPS) is 13.5. The SMILES string of the molecule is Cc1ccc(C(=O)N2CCc3c(c(-c4nc(-c5ccc(F)cc5)no4)nn3C)C2)s1. The second-order valence-corrected chi connectivity index (χ2v) is 8.50. The number of rotatable bonds is 3. The van der Waals surface area contributed by atoms with Crippen molar-refractivity contribution in [2.75, 3.05) is 6.54 Å². The van der Waals surface area contributed by atoms with Crippen LogP contribution in [0.25, 0.3) is 23.0 Å². The van der Waals surface area contributed by atoms with Crippen molar-refractivity contribution in [3.63, 3.8) is 0 Å². The van der Waals surface area contributed by atoms with E-state index in [1.54, 1.807) is 12.1 Å². The van der Waals surface area contributed by atoms with E-state index in [1.165, 1.54) is 23.5 Å². The summed E-state index contributed by atoms with van der Waals surface area (Å²) in [4.78, 5) is 21.0. The van der Waals surface area contributed by atoms with E-state index in [2.05, 4.69) is 15.2 Å². The van der Waals surface area contributed by atoms with Gasteiger partial charge in [-0.15, -0.1) is 11.3 Å². The van der Waals surface area contributed by atoms with E-state index in [0.29, 0.717) is 36.6 Å². The Bertz CT molecular complexity index is 1240. The number of hydrogen-bond acceptors (Lipinski definition) is 6. The van der Waals surface area contributed by atoms with Crippen molar-refractivity contribution in [3.05, 3.63) is 63.2 Å². The van der Waals surface area contributed by atoms with Gasteiger partial charge in [-0.2, -0.15) is 10.1 Å². The molecule has 1 aromatic carbocycles. The molecule has 0 radical (unpaired) electrons. The highest BCUT2D eigenvalue weighted by Gasteiger charge is 2.30. The van der Waals surface area contributed by atoms with Crippen LogP contribution in [0.4, 0.5) is 4.39 Å². The van der Waals surface area contributed by atoms with Crippen molar-refractivity contribution in [1.29, 1.82) is 0 Å². The van der Waals surface area contributed by atoms with Crippen LogP contribution in [0.2, 0.25) is 0 Å². The summed E-state index contributed by atoms with van der Waals surface area (Å²) >= 11 is 1.50. The molecule has 30 heavy (non-hydrogen) atoms. The Kier molecular flexibility index (Phi) is 4.47. The molecule has 5 rings (SSSR count). The van der Waals surface area contributed by atoms with E-state index < -0.39 is 0 Å². The molecule has 4 heterocycles. The van der Waals surface area contributed by atoms with E-state index in [4.69, 9.17) is 4.52 Å². The van der Waals surface area contributed by atoms with Crippen molar-refractivity contribution in [2.45, 2.75) is 19.9 Å². The fourth-order valence-corrected chi connectivity index (χ4v) is 4.51. The van der Waals surface area contributed by atoms with Crippen LogP contribution in [0.15, 0.2) is 40.9 Å². The molecule has 0 spiro atoms. The Morgan fingerprint density at radius 3 is 2.73 bits per heavy atom. The summed E-state index contributed by atoms with van der Waals surface area (Å²) < 4.78 is 20.5. The molecule has 0 atom stereocenters. The summed E-state index contributed by atoms with van der Waals surface area (Å²) in [5.74, 6) is 0.340. The highest BCUT2D eigenvalue weighted by atomic mass is 32.1. The van der Waals surface area contributed by atoms with Crippen LogP contribution < -0.4 is 0 Å². The molecule has 4 aromatic rings. The largest absolute Gasteiger partial charge is 0.333 e. The lowest BCUT2D eigenvalue weighted by atomic mass is 10.0. The van der Waals surface area contributed by atoms with Crippen molar-refractivity contribution in [1.82, 2.24) is 24.8 Å². The number of amides is 1. The first kappa shape index (κ1) is 18.7. The first-order chi connectivity index (χ1) is 14.5. The number of nitrogens with zero attached hydrogens (tertiary/aromatic N) is 5. The van der Waals surface area contributed by atoms with Gasteiger partial charge in [0.15, 0.2) is 5.69 Å². The second-order valence-electron chi connectivity index (χ2n) is 7.21. The molecule has 152 valence electrons. The maximum Gasteiger partial charge on any atom is 0.279 e. The molecule has 0 aliphatic carbocycles. The number of halogens is 1. The monoisotopic (exact) mass is 423 g/mol. The molecule has 7 nitrogen and oxygen atoms in total.